The number of benzene rings is 8. The quantitative estimate of drug-likeness (QED) is 0.0396. The molecule has 2 atom stereocenters. The number of ether oxygens (including phenoxy) is 7. The van der Waals surface area contributed by atoms with E-state index in [1.165, 1.54) is 48.5 Å². The van der Waals surface area contributed by atoms with E-state index in [1.54, 1.807) is 48.5 Å². The molecular formula is C57H46O11. The van der Waals surface area contributed by atoms with Crippen LogP contribution in [-0.4, -0.2) is 49.0 Å². The molecule has 1 fully saturated rings. The number of carbonyl (C=O) groups is 4. The highest BCUT2D eigenvalue weighted by Crippen LogP contribution is 2.46. The van der Waals surface area contributed by atoms with Gasteiger partial charge in [-0.15, -0.1) is 0 Å². The van der Waals surface area contributed by atoms with E-state index in [0.29, 0.717) is 53.4 Å². The monoisotopic (exact) mass is 906 g/mol. The summed E-state index contributed by atoms with van der Waals surface area (Å²) in [4.78, 5) is 53.5. The van der Waals surface area contributed by atoms with Crippen molar-refractivity contribution in [2.45, 2.75) is 45.5 Å². The van der Waals surface area contributed by atoms with E-state index >= 15 is 0 Å². The van der Waals surface area contributed by atoms with E-state index in [1.807, 2.05) is 93.6 Å². The Morgan fingerprint density at radius 2 is 0.912 bits per heavy atom. The fourth-order valence-electron chi connectivity index (χ4n) is 7.56. The van der Waals surface area contributed by atoms with Gasteiger partial charge in [-0.3, -0.25) is 0 Å². The molecule has 0 aromatic heterocycles. The van der Waals surface area contributed by atoms with Gasteiger partial charge in [0.15, 0.2) is 6.29 Å². The second-order valence-electron chi connectivity index (χ2n) is 16.7. The summed E-state index contributed by atoms with van der Waals surface area (Å²) in [5.41, 5.74) is 3.04. The zero-order valence-electron chi connectivity index (χ0n) is 37.6. The van der Waals surface area contributed by atoms with Crippen molar-refractivity contribution < 1.29 is 52.3 Å². The van der Waals surface area contributed by atoms with Crippen LogP contribution in [0.15, 0.2) is 170 Å². The Morgan fingerprint density at radius 1 is 0.515 bits per heavy atom. The second kappa shape index (κ2) is 19.8. The first-order valence-corrected chi connectivity index (χ1v) is 22.2. The van der Waals surface area contributed by atoms with Gasteiger partial charge in [0, 0.05) is 17.5 Å². The third kappa shape index (κ3) is 10.4. The van der Waals surface area contributed by atoms with Crippen molar-refractivity contribution in [2.75, 3.05) is 13.2 Å². The molecule has 0 saturated carbocycles. The maximum Gasteiger partial charge on any atom is 0.343 e. The molecule has 1 heterocycles. The lowest BCUT2D eigenvalue weighted by Crippen LogP contribution is -2.26. The van der Waals surface area contributed by atoms with Gasteiger partial charge in [0.25, 0.3) is 0 Å². The van der Waals surface area contributed by atoms with Gasteiger partial charge in [0.2, 0.25) is 0 Å². The Labute approximate surface area is 392 Å². The summed E-state index contributed by atoms with van der Waals surface area (Å²) in [5, 5.41) is 3.36. The summed E-state index contributed by atoms with van der Waals surface area (Å²) in [6, 6.07) is 48.4. The Morgan fingerprint density at radius 3 is 1.34 bits per heavy atom. The first kappa shape index (κ1) is 45.1. The lowest BCUT2D eigenvalue weighted by Gasteiger charge is -2.20. The van der Waals surface area contributed by atoms with Crippen LogP contribution in [0.1, 0.15) is 73.7 Å². The molecule has 8 aromatic rings. The third-order valence-corrected chi connectivity index (χ3v) is 11.4. The lowest BCUT2D eigenvalue weighted by molar-refractivity contribution is -0.0977. The van der Waals surface area contributed by atoms with Crippen LogP contribution in [0.3, 0.4) is 0 Å². The number of epoxide rings is 1. The summed E-state index contributed by atoms with van der Waals surface area (Å²) in [6.45, 7) is 7.09. The van der Waals surface area contributed by atoms with Crippen LogP contribution in [0.25, 0.3) is 32.7 Å². The minimum Gasteiger partial charge on any atom is -0.465 e. The summed E-state index contributed by atoms with van der Waals surface area (Å²) >= 11 is 0. The zero-order chi connectivity index (χ0) is 47.2. The lowest BCUT2D eigenvalue weighted by atomic mass is 9.92. The van der Waals surface area contributed by atoms with E-state index in [9.17, 15) is 19.2 Å². The number of hydrogen-bond donors (Lipinski definition) is 0. The molecular weight excluding hydrogens is 861 g/mol. The van der Waals surface area contributed by atoms with Crippen molar-refractivity contribution in [1.82, 2.24) is 0 Å². The number of rotatable bonds is 16. The van der Waals surface area contributed by atoms with Crippen molar-refractivity contribution in [3.05, 3.63) is 198 Å². The number of aryl methyl sites for hydroxylation is 1. The average molecular weight is 907 g/mol. The number of esters is 4. The molecule has 0 amide bonds. The normalized spacial score (nSPS) is 14.5. The van der Waals surface area contributed by atoms with Crippen molar-refractivity contribution >= 4 is 45.4 Å². The molecule has 0 spiro atoms. The highest BCUT2D eigenvalue weighted by atomic mass is 16.7. The van der Waals surface area contributed by atoms with Crippen LogP contribution in [-0.2, 0) is 9.47 Å². The molecule has 11 nitrogen and oxygen atoms in total. The summed E-state index contributed by atoms with van der Waals surface area (Å²) in [6.07, 6.45) is 1.14. The smallest absolute Gasteiger partial charge is 0.343 e. The highest BCUT2D eigenvalue weighted by Gasteiger charge is 2.40. The van der Waals surface area contributed by atoms with Crippen molar-refractivity contribution in [3.8, 4) is 39.9 Å². The van der Waals surface area contributed by atoms with Gasteiger partial charge < -0.3 is 33.2 Å². The van der Waals surface area contributed by atoms with Gasteiger partial charge in [0.05, 0.1) is 35.5 Å². The van der Waals surface area contributed by atoms with Gasteiger partial charge in [-0.2, -0.15) is 0 Å². The molecule has 8 aromatic carbocycles. The minimum absolute atomic E-state index is 0.190. The molecule has 340 valence electrons. The van der Waals surface area contributed by atoms with Gasteiger partial charge in [-0.05, 0) is 132 Å². The molecule has 2 unspecified atom stereocenters. The first-order chi connectivity index (χ1) is 33.0. The summed E-state index contributed by atoms with van der Waals surface area (Å²) in [5.74, 6) is -0.897. The highest BCUT2D eigenvalue weighted by molar-refractivity contribution is 6.11. The Hall–Kier alpha value is -8.12. The molecule has 1 aliphatic rings. The Balaban J connectivity index is 0.863. The number of fused-ring (bicyclic) bond motifs is 2. The van der Waals surface area contributed by atoms with Crippen LogP contribution >= 0.6 is 0 Å². The van der Waals surface area contributed by atoms with E-state index in [2.05, 4.69) is 0 Å². The standard InChI is InChI=1S/C57H46O11/c1-4-9-50(62-34-57(3)35-63-57)64-43-26-18-40(19-27-43)53(58)65-44-28-20-41(21-29-44)54(59)66-45-30-22-42(23-31-45)56(61)68-49-33-25-38-11-6-8-13-47(38)52(49)51-46-12-7-5-10-37(46)24-32-48(51)67-55(60)39-16-14-36(2)15-17-39/h5-8,10-33,50H,4,9,34-35H2,1-3H3. The van der Waals surface area contributed by atoms with Gasteiger partial charge >= 0.3 is 23.9 Å². The van der Waals surface area contributed by atoms with Crippen molar-refractivity contribution in [2.24, 2.45) is 0 Å². The Bertz CT molecular complexity index is 3140. The van der Waals surface area contributed by atoms with Crippen LogP contribution < -0.4 is 23.7 Å². The van der Waals surface area contributed by atoms with Gasteiger partial charge in [-0.1, -0.05) is 91.7 Å². The number of carbonyl (C=O) groups excluding carboxylic acids is 4. The molecule has 0 aliphatic carbocycles. The van der Waals surface area contributed by atoms with E-state index in [0.717, 1.165) is 33.5 Å². The third-order valence-electron chi connectivity index (χ3n) is 11.4. The van der Waals surface area contributed by atoms with Crippen molar-refractivity contribution in [1.29, 1.82) is 0 Å². The molecule has 0 N–H and O–H groups in total. The Kier molecular flexibility index (Phi) is 13.1. The van der Waals surface area contributed by atoms with E-state index < -0.39 is 30.2 Å². The van der Waals surface area contributed by atoms with Crippen LogP contribution in [0, 0.1) is 6.92 Å². The molecule has 9 rings (SSSR count). The first-order valence-electron chi connectivity index (χ1n) is 22.2. The molecule has 68 heavy (non-hydrogen) atoms. The van der Waals surface area contributed by atoms with E-state index in [-0.39, 0.29) is 34.0 Å². The van der Waals surface area contributed by atoms with Crippen LogP contribution in [0.4, 0.5) is 0 Å². The molecule has 0 radical (unpaired) electrons. The SMILES string of the molecule is CCCC(OCC1(C)CO1)Oc1ccc(C(=O)Oc2ccc(C(=O)Oc3ccc(C(=O)Oc4ccc5ccccc5c4-c4c(OC(=O)c5ccc(C)cc5)ccc5ccccc45)cc3)cc2)cc1. The zero-order valence-corrected chi connectivity index (χ0v) is 37.6. The molecule has 0 bridgehead atoms. The average Bonchev–Trinajstić information content (AvgIpc) is 4.10. The maximum atomic E-state index is 13.9. The van der Waals surface area contributed by atoms with E-state index in [4.69, 9.17) is 33.2 Å². The molecule has 1 saturated heterocycles. The van der Waals surface area contributed by atoms with Crippen LogP contribution in [0.5, 0.6) is 28.7 Å². The summed E-state index contributed by atoms with van der Waals surface area (Å²) in [7, 11) is 0. The fourth-order valence-corrected chi connectivity index (χ4v) is 7.56. The predicted molar refractivity (Wildman–Crippen MR) is 257 cm³/mol. The second-order valence-corrected chi connectivity index (χ2v) is 16.7. The van der Waals surface area contributed by atoms with Gasteiger partial charge in [0.1, 0.15) is 34.3 Å². The molecule has 11 heteroatoms. The predicted octanol–water partition coefficient (Wildman–Crippen LogP) is 12.2. The fraction of sp³-hybridized carbons (Fsp3) is 0.158. The van der Waals surface area contributed by atoms with Crippen molar-refractivity contribution in [3.63, 3.8) is 0 Å². The minimum atomic E-state index is -0.660. The topological polar surface area (TPSA) is 136 Å². The number of hydrogen-bond acceptors (Lipinski definition) is 11. The molecule has 1 aliphatic heterocycles. The van der Waals surface area contributed by atoms with Gasteiger partial charge in [-0.25, -0.2) is 19.2 Å². The largest absolute Gasteiger partial charge is 0.465 e. The maximum absolute atomic E-state index is 13.9. The summed E-state index contributed by atoms with van der Waals surface area (Å²) < 4.78 is 40.8. The van der Waals surface area contributed by atoms with Crippen LogP contribution in [0.2, 0.25) is 0 Å².